The van der Waals surface area contributed by atoms with Gasteiger partial charge in [0.1, 0.15) is 0 Å². The molecule has 1 heterocycles. The van der Waals surface area contributed by atoms with Gasteiger partial charge in [-0.3, -0.25) is 9.59 Å². The monoisotopic (exact) mass is 490 g/mol. The van der Waals surface area contributed by atoms with Crippen LogP contribution in [0.1, 0.15) is 90.4 Å². The zero-order valence-corrected chi connectivity index (χ0v) is 21.3. The van der Waals surface area contributed by atoms with Crippen molar-refractivity contribution in [3.8, 4) is 0 Å². The van der Waals surface area contributed by atoms with Gasteiger partial charge in [0.15, 0.2) is 0 Å². The van der Waals surface area contributed by atoms with Gasteiger partial charge in [0.2, 0.25) is 0 Å². The fraction of sp³-hybridized carbons (Fsp3) is 0.926. The quantitative estimate of drug-likeness (QED) is 0.349. The highest BCUT2D eigenvalue weighted by Crippen LogP contribution is 2.34. The molecule has 0 spiro atoms. The molecule has 1 aliphatic heterocycles. The van der Waals surface area contributed by atoms with Crippen molar-refractivity contribution in [1.29, 1.82) is 0 Å². The summed E-state index contributed by atoms with van der Waals surface area (Å²) in [6.45, 7) is 2.29. The number of rotatable bonds is 2. The molecule has 0 amide bonds. The highest BCUT2D eigenvalue weighted by Gasteiger charge is 2.46. The van der Waals surface area contributed by atoms with Crippen molar-refractivity contribution in [3.05, 3.63) is 0 Å². The van der Waals surface area contributed by atoms with Crippen molar-refractivity contribution >= 4 is 11.9 Å². The number of carboxylic acids is 2. The van der Waals surface area contributed by atoms with Crippen LogP contribution < -0.4 is 21.3 Å². The predicted octanol–water partition coefficient (Wildman–Crippen LogP) is 2.47. The molecule has 10 unspecified atom stereocenters. The lowest BCUT2D eigenvalue weighted by Gasteiger charge is -2.50. The minimum Gasteiger partial charge on any atom is -0.481 e. The van der Waals surface area contributed by atoms with Crippen LogP contribution in [0.15, 0.2) is 0 Å². The molecule has 35 heavy (non-hydrogen) atoms. The molecule has 0 bridgehead atoms. The van der Waals surface area contributed by atoms with Crippen LogP contribution in [0, 0.1) is 17.8 Å². The second-order valence-electron chi connectivity index (χ2n) is 12.3. The van der Waals surface area contributed by atoms with E-state index in [-0.39, 0.29) is 48.1 Å². The molecule has 5 rings (SSSR count). The first-order chi connectivity index (χ1) is 16.9. The third-order valence-electron chi connectivity index (χ3n) is 9.98. The summed E-state index contributed by atoms with van der Waals surface area (Å²) < 4.78 is 0. The van der Waals surface area contributed by atoms with E-state index in [1.165, 1.54) is 12.8 Å². The molecule has 0 aromatic heterocycles. The zero-order chi connectivity index (χ0) is 24.5. The Hall–Kier alpha value is -1.22. The third-order valence-corrected chi connectivity index (χ3v) is 9.98. The molecule has 0 radical (unpaired) electrons. The van der Waals surface area contributed by atoms with E-state index < -0.39 is 11.9 Å². The van der Waals surface area contributed by atoms with E-state index in [1.807, 2.05) is 0 Å². The van der Waals surface area contributed by atoms with Gasteiger partial charge in [0.25, 0.3) is 0 Å². The van der Waals surface area contributed by atoms with Gasteiger partial charge in [0, 0.05) is 48.3 Å². The summed E-state index contributed by atoms with van der Waals surface area (Å²) in [5.74, 6) is -1.56. The molecule has 6 N–H and O–H groups in total. The number of nitrogens with one attached hydrogen (secondary N) is 4. The summed E-state index contributed by atoms with van der Waals surface area (Å²) in [4.78, 5) is 24.7. The fourth-order valence-electron chi connectivity index (χ4n) is 8.13. The molecule has 8 heteroatoms. The fourth-order valence-corrected chi connectivity index (χ4v) is 8.13. The van der Waals surface area contributed by atoms with Gasteiger partial charge in [-0.15, -0.1) is 0 Å². The van der Waals surface area contributed by atoms with Crippen LogP contribution in [-0.2, 0) is 9.59 Å². The maximum absolute atomic E-state index is 12.3. The summed E-state index contributed by atoms with van der Waals surface area (Å²) in [5.41, 5.74) is 0. The first kappa shape index (κ1) is 25.4. The number of hydrogen-bond acceptors (Lipinski definition) is 6. The van der Waals surface area contributed by atoms with Crippen molar-refractivity contribution in [2.24, 2.45) is 17.8 Å². The summed E-state index contributed by atoms with van der Waals surface area (Å²) in [5, 5.41) is 36.0. The molecule has 5 fully saturated rings. The number of aliphatic carboxylic acids is 2. The van der Waals surface area contributed by atoms with Gasteiger partial charge in [-0.25, -0.2) is 0 Å². The maximum Gasteiger partial charge on any atom is 0.308 e. The maximum atomic E-state index is 12.3. The summed E-state index contributed by atoms with van der Waals surface area (Å²) in [7, 11) is 0. The molecule has 0 aromatic rings. The van der Waals surface area contributed by atoms with Crippen LogP contribution in [0.3, 0.4) is 0 Å². The van der Waals surface area contributed by atoms with Crippen LogP contribution >= 0.6 is 0 Å². The SMILES string of the molecule is C[C@@H]1CCC2NC3C(CCCC3C(=O)O)NC3CCCCC3NC3CCCC(C(=O)O)C3NC2C1. The molecule has 198 valence electrons. The Balaban J connectivity index is 1.49. The van der Waals surface area contributed by atoms with Gasteiger partial charge >= 0.3 is 11.9 Å². The minimum atomic E-state index is -0.689. The Bertz CT molecular complexity index is 765. The lowest BCUT2D eigenvalue weighted by molar-refractivity contribution is -0.146. The zero-order valence-electron chi connectivity index (χ0n) is 21.3. The Morgan fingerprint density at radius 1 is 0.543 bits per heavy atom. The van der Waals surface area contributed by atoms with Gasteiger partial charge < -0.3 is 31.5 Å². The number of fused-ring (bicyclic) bond motifs is 4. The van der Waals surface area contributed by atoms with Crippen molar-refractivity contribution in [1.82, 2.24) is 21.3 Å². The van der Waals surface area contributed by atoms with Crippen molar-refractivity contribution in [2.75, 3.05) is 0 Å². The van der Waals surface area contributed by atoms with E-state index in [4.69, 9.17) is 0 Å². The number of carbonyl (C=O) groups is 2. The minimum absolute atomic E-state index is 0.0941. The van der Waals surface area contributed by atoms with Gasteiger partial charge in [-0.05, 0) is 63.7 Å². The molecular formula is C27H46N4O4. The Morgan fingerprint density at radius 3 is 1.51 bits per heavy atom. The van der Waals surface area contributed by atoms with Crippen molar-refractivity contribution in [2.45, 2.75) is 139 Å². The lowest BCUT2D eigenvalue weighted by Crippen LogP contribution is -2.70. The normalized spacial score (nSPS) is 46.9. The van der Waals surface area contributed by atoms with Crippen LogP contribution in [0.5, 0.6) is 0 Å². The summed E-state index contributed by atoms with van der Waals surface area (Å²) in [6.07, 6.45) is 13.1. The number of carboxylic acid groups (broad SMARTS) is 2. The standard InChI is InChI=1S/C27H46N4O4/c1-15-12-13-20-23(14-15)31-25-17(27(34)35)7-5-11-22(25)29-19-9-3-2-8-18(19)28-21-10-4-6-16(26(32)33)24(21)30-20/h15-25,28-31H,2-14H2,1H3,(H,32,33)(H,34,35)/t15-,16?,17?,18?,19?,20?,21?,22?,23?,24?,25?/m1/s1. The first-order valence-corrected chi connectivity index (χ1v) is 14.4. The van der Waals surface area contributed by atoms with Gasteiger partial charge in [-0.2, -0.15) is 0 Å². The van der Waals surface area contributed by atoms with Gasteiger partial charge in [0.05, 0.1) is 11.8 Å². The second-order valence-corrected chi connectivity index (χ2v) is 12.3. The Kier molecular flexibility index (Phi) is 8.02. The van der Waals surface area contributed by atoms with Crippen LogP contribution in [-0.4, -0.2) is 70.5 Å². The largest absolute Gasteiger partial charge is 0.481 e. The molecule has 11 atom stereocenters. The Labute approximate surface area is 209 Å². The van der Waals surface area contributed by atoms with E-state index in [2.05, 4.69) is 28.2 Å². The molecule has 8 nitrogen and oxygen atoms in total. The van der Waals surface area contributed by atoms with E-state index in [0.29, 0.717) is 18.0 Å². The average Bonchev–Trinajstić information content (AvgIpc) is 2.82. The first-order valence-electron chi connectivity index (χ1n) is 14.4. The average molecular weight is 491 g/mol. The lowest BCUT2D eigenvalue weighted by atomic mass is 9.75. The molecule has 5 aliphatic rings. The molecule has 4 saturated carbocycles. The summed E-state index contributed by atoms with van der Waals surface area (Å²) in [6, 6.07) is 1.05. The Morgan fingerprint density at radius 2 is 1.00 bits per heavy atom. The highest BCUT2D eigenvalue weighted by molar-refractivity contribution is 5.71. The predicted molar refractivity (Wildman–Crippen MR) is 134 cm³/mol. The molecule has 1 saturated heterocycles. The summed E-state index contributed by atoms with van der Waals surface area (Å²) >= 11 is 0. The van der Waals surface area contributed by atoms with E-state index in [0.717, 1.165) is 70.6 Å². The second kappa shape index (κ2) is 11.0. The number of hydrogen-bond donors (Lipinski definition) is 6. The topological polar surface area (TPSA) is 123 Å². The molecule has 0 aromatic carbocycles. The highest BCUT2D eigenvalue weighted by atomic mass is 16.4. The van der Waals surface area contributed by atoms with Gasteiger partial charge in [-0.1, -0.05) is 32.6 Å². The van der Waals surface area contributed by atoms with Crippen LogP contribution in [0.4, 0.5) is 0 Å². The van der Waals surface area contributed by atoms with E-state index in [1.54, 1.807) is 0 Å². The van der Waals surface area contributed by atoms with Crippen LogP contribution in [0.2, 0.25) is 0 Å². The third kappa shape index (κ3) is 5.55. The smallest absolute Gasteiger partial charge is 0.308 e. The molecule has 4 aliphatic carbocycles. The van der Waals surface area contributed by atoms with E-state index in [9.17, 15) is 19.8 Å². The van der Waals surface area contributed by atoms with Crippen molar-refractivity contribution < 1.29 is 19.8 Å². The molecular weight excluding hydrogens is 444 g/mol. The van der Waals surface area contributed by atoms with Crippen LogP contribution in [0.25, 0.3) is 0 Å². The van der Waals surface area contributed by atoms with Crippen molar-refractivity contribution in [3.63, 3.8) is 0 Å². The van der Waals surface area contributed by atoms with E-state index >= 15 is 0 Å².